The van der Waals surface area contributed by atoms with Gasteiger partial charge in [0.05, 0.1) is 17.3 Å². The molecule has 2 aromatic rings. The van der Waals surface area contributed by atoms with E-state index >= 15 is 0 Å². The number of carbonyl (C=O) groups is 1. The highest BCUT2D eigenvalue weighted by Crippen LogP contribution is 2.30. The van der Waals surface area contributed by atoms with E-state index in [9.17, 15) is 4.79 Å². The van der Waals surface area contributed by atoms with Crippen LogP contribution < -0.4 is 5.32 Å². The standard InChI is InChI=1S/C15H18N2O2S2/c1-19-14(18)12(16-10-6-7-10)8-9-20-15-17-11-4-2-3-5-13(11)21-15/h2-5,10,12,16H,6-9H2,1H3. The Balaban J connectivity index is 1.54. The summed E-state index contributed by atoms with van der Waals surface area (Å²) in [6, 6.07) is 8.46. The fourth-order valence-corrected chi connectivity index (χ4v) is 4.27. The van der Waals surface area contributed by atoms with Gasteiger partial charge in [-0.2, -0.15) is 0 Å². The molecule has 112 valence electrons. The van der Waals surface area contributed by atoms with Gasteiger partial charge in [-0.1, -0.05) is 23.9 Å². The maximum atomic E-state index is 11.8. The van der Waals surface area contributed by atoms with Crippen molar-refractivity contribution in [3.63, 3.8) is 0 Å². The Hall–Kier alpha value is -1.11. The van der Waals surface area contributed by atoms with Crippen LogP contribution in [0.15, 0.2) is 28.6 Å². The van der Waals surface area contributed by atoms with Gasteiger partial charge in [0.15, 0.2) is 4.34 Å². The zero-order chi connectivity index (χ0) is 14.7. The van der Waals surface area contributed by atoms with Gasteiger partial charge in [0.1, 0.15) is 6.04 Å². The Morgan fingerprint density at radius 3 is 3.05 bits per heavy atom. The lowest BCUT2D eigenvalue weighted by Crippen LogP contribution is -2.39. The first-order chi connectivity index (χ1) is 10.3. The molecule has 0 amide bonds. The number of carbonyl (C=O) groups excluding carboxylic acids is 1. The van der Waals surface area contributed by atoms with Crippen LogP contribution in [-0.4, -0.2) is 35.9 Å². The Morgan fingerprint density at radius 1 is 1.52 bits per heavy atom. The zero-order valence-electron chi connectivity index (χ0n) is 11.9. The molecule has 1 aromatic carbocycles. The van der Waals surface area contributed by atoms with Gasteiger partial charge in [-0.15, -0.1) is 11.3 Å². The van der Waals surface area contributed by atoms with Crippen LogP contribution in [0.25, 0.3) is 10.2 Å². The monoisotopic (exact) mass is 322 g/mol. The summed E-state index contributed by atoms with van der Waals surface area (Å²) in [5.74, 6) is 0.700. The molecule has 0 aliphatic heterocycles. The molecule has 0 spiro atoms. The molecular weight excluding hydrogens is 304 g/mol. The van der Waals surface area contributed by atoms with Crippen LogP contribution in [0.5, 0.6) is 0 Å². The van der Waals surface area contributed by atoms with Crippen molar-refractivity contribution < 1.29 is 9.53 Å². The number of para-hydroxylation sites is 1. The van der Waals surface area contributed by atoms with Gasteiger partial charge in [-0.3, -0.25) is 4.79 Å². The van der Waals surface area contributed by atoms with Crippen molar-refractivity contribution in [3.05, 3.63) is 24.3 Å². The smallest absolute Gasteiger partial charge is 0.322 e. The van der Waals surface area contributed by atoms with Gasteiger partial charge < -0.3 is 10.1 Å². The molecule has 0 saturated heterocycles. The predicted molar refractivity (Wildman–Crippen MR) is 86.9 cm³/mol. The number of hydrogen-bond acceptors (Lipinski definition) is 6. The molecular formula is C15H18N2O2S2. The average Bonchev–Trinajstić information content (AvgIpc) is 3.22. The van der Waals surface area contributed by atoms with E-state index in [4.69, 9.17) is 4.74 Å². The quantitative estimate of drug-likeness (QED) is 0.627. The topological polar surface area (TPSA) is 51.2 Å². The number of thiazole rings is 1. The lowest BCUT2D eigenvalue weighted by Gasteiger charge is -2.15. The van der Waals surface area contributed by atoms with Crippen LogP contribution in [0, 0.1) is 0 Å². The number of hydrogen-bond donors (Lipinski definition) is 1. The number of ether oxygens (including phenoxy) is 1. The summed E-state index contributed by atoms with van der Waals surface area (Å²) in [5.41, 5.74) is 1.05. The zero-order valence-corrected chi connectivity index (χ0v) is 13.5. The minimum atomic E-state index is -0.190. The number of nitrogens with zero attached hydrogens (tertiary/aromatic N) is 1. The molecule has 1 aromatic heterocycles. The number of methoxy groups -OCH3 is 1. The van der Waals surface area contributed by atoms with Crippen molar-refractivity contribution >= 4 is 39.3 Å². The summed E-state index contributed by atoms with van der Waals surface area (Å²) in [6.07, 6.45) is 3.10. The summed E-state index contributed by atoms with van der Waals surface area (Å²) < 4.78 is 7.14. The molecule has 3 rings (SSSR count). The second kappa shape index (κ2) is 6.77. The summed E-state index contributed by atoms with van der Waals surface area (Å²) in [6.45, 7) is 0. The molecule has 1 saturated carbocycles. The Labute approximate surface area is 132 Å². The van der Waals surface area contributed by atoms with Crippen molar-refractivity contribution in [2.45, 2.75) is 35.7 Å². The largest absolute Gasteiger partial charge is 0.468 e. The first-order valence-electron chi connectivity index (χ1n) is 7.08. The maximum Gasteiger partial charge on any atom is 0.322 e. The molecule has 1 aliphatic rings. The molecule has 0 radical (unpaired) electrons. The normalized spacial score (nSPS) is 16.0. The Morgan fingerprint density at radius 2 is 2.33 bits per heavy atom. The van der Waals surface area contributed by atoms with Crippen molar-refractivity contribution in [1.29, 1.82) is 0 Å². The fourth-order valence-electron chi connectivity index (χ4n) is 2.12. The minimum absolute atomic E-state index is 0.160. The van der Waals surface area contributed by atoms with Crippen molar-refractivity contribution in [3.8, 4) is 0 Å². The van der Waals surface area contributed by atoms with Gasteiger partial charge in [0.25, 0.3) is 0 Å². The van der Waals surface area contributed by atoms with Gasteiger partial charge in [0, 0.05) is 11.8 Å². The van der Waals surface area contributed by atoms with Crippen LogP contribution in [-0.2, 0) is 9.53 Å². The Bertz CT molecular complexity index is 592. The molecule has 1 heterocycles. The van der Waals surface area contributed by atoms with Crippen molar-refractivity contribution in [2.24, 2.45) is 0 Å². The minimum Gasteiger partial charge on any atom is -0.468 e. The predicted octanol–water partition coefficient (Wildman–Crippen LogP) is 3.07. The van der Waals surface area contributed by atoms with Gasteiger partial charge >= 0.3 is 5.97 Å². The summed E-state index contributed by atoms with van der Waals surface area (Å²) in [7, 11) is 1.45. The van der Waals surface area contributed by atoms with Gasteiger partial charge in [-0.25, -0.2) is 4.98 Å². The lowest BCUT2D eigenvalue weighted by molar-refractivity contribution is -0.143. The van der Waals surface area contributed by atoms with Crippen molar-refractivity contribution in [2.75, 3.05) is 12.9 Å². The highest BCUT2D eigenvalue weighted by molar-refractivity contribution is 8.01. The maximum absolute atomic E-state index is 11.8. The number of benzene rings is 1. The van der Waals surface area contributed by atoms with E-state index in [-0.39, 0.29) is 12.0 Å². The molecule has 1 N–H and O–H groups in total. The fraction of sp³-hybridized carbons (Fsp3) is 0.467. The van der Waals surface area contributed by atoms with E-state index in [1.54, 1.807) is 23.1 Å². The molecule has 1 unspecified atom stereocenters. The number of nitrogens with one attached hydrogen (secondary N) is 1. The molecule has 0 bridgehead atoms. The van der Waals surface area contributed by atoms with E-state index in [0.717, 1.165) is 22.0 Å². The molecule has 6 heteroatoms. The Kier molecular flexibility index (Phi) is 4.77. The number of esters is 1. The van der Waals surface area contributed by atoms with E-state index < -0.39 is 0 Å². The highest BCUT2D eigenvalue weighted by atomic mass is 32.2. The second-order valence-corrected chi connectivity index (χ2v) is 7.47. The van der Waals surface area contributed by atoms with Crippen molar-refractivity contribution in [1.82, 2.24) is 10.3 Å². The van der Waals surface area contributed by atoms with Gasteiger partial charge in [0.2, 0.25) is 0 Å². The number of fused-ring (bicyclic) bond motifs is 1. The highest BCUT2D eigenvalue weighted by Gasteiger charge is 2.28. The third kappa shape index (κ3) is 3.96. The van der Waals surface area contributed by atoms with E-state index in [2.05, 4.69) is 16.4 Å². The van der Waals surface area contributed by atoms with E-state index in [0.29, 0.717) is 6.04 Å². The van der Waals surface area contributed by atoms with Crippen LogP contribution in [0.2, 0.25) is 0 Å². The summed E-state index contributed by atoms with van der Waals surface area (Å²) >= 11 is 3.41. The van der Waals surface area contributed by atoms with E-state index in [1.165, 1.54) is 24.7 Å². The summed E-state index contributed by atoms with van der Waals surface area (Å²) in [5, 5.41) is 3.35. The molecule has 4 nitrogen and oxygen atoms in total. The van der Waals surface area contributed by atoms with Gasteiger partial charge in [-0.05, 0) is 31.4 Å². The van der Waals surface area contributed by atoms with Crippen LogP contribution >= 0.6 is 23.1 Å². The average molecular weight is 322 g/mol. The number of rotatable bonds is 7. The SMILES string of the molecule is COC(=O)C(CCSc1nc2ccccc2s1)NC1CC1. The first-order valence-corrected chi connectivity index (χ1v) is 8.88. The second-order valence-electron chi connectivity index (χ2n) is 5.10. The molecule has 1 atom stereocenters. The molecule has 1 aliphatic carbocycles. The third-order valence-corrected chi connectivity index (χ3v) is 5.62. The third-order valence-electron chi connectivity index (χ3n) is 3.41. The lowest BCUT2D eigenvalue weighted by atomic mass is 10.2. The molecule has 21 heavy (non-hydrogen) atoms. The molecule has 1 fully saturated rings. The van der Waals surface area contributed by atoms with Crippen LogP contribution in [0.4, 0.5) is 0 Å². The number of aromatic nitrogens is 1. The summed E-state index contributed by atoms with van der Waals surface area (Å²) in [4.78, 5) is 16.3. The first kappa shape index (κ1) is 14.8. The van der Waals surface area contributed by atoms with Crippen LogP contribution in [0.1, 0.15) is 19.3 Å². The number of thioether (sulfide) groups is 1. The van der Waals surface area contributed by atoms with Crippen LogP contribution in [0.3, 0.4) is 0 Å². The van der Waals surface area contributed by atoms with E-state index in [1.807, 2.05) is 18.2 Å².